The fourth-order valence-corrected chi connectivity index (χ4v) is 2.32. The molecule has 66 valence electrons. The Morgan fingerprint density at radius 2 is 1.58 bits per heavy atom. The Bertz CT molecular complexity index is 263. The molecular weight excluding hydrogens is 215 g/mol. The molecule has 0 aliphatic carbocycles. The molecule has 0 aliphatic heterocycles. The summed E-state index contributed by atoms with van der Waals surface area (Å²) in [4.78, 5) is 1.21. The molecule has 0 nitrogen and oxygen atoms in total. The lowest BCUT2D eigenvalue weighted by Crippen LogP contribution is -1.84. The van der Waals surface area contributed by atoms with Crippen LogP contribution in [0, 0.1) is 5.82 Å². The molecule has 1 aromatic carbocycles. The van der Waals surface area contributed by atoms with E-state index in [0.29, 0.717) is 14.8 Å². The Morgan fingerprint density at radius 1 is 1.17 bits per heavy atom. The molecule has 4 heteroatoms. The monoisotopic (exact) mass is 222 g/mol. The molecule has 0 unspecified atom stereocenters. The van der Waals surface area contributed by atoms with Gasteiger partial charge in [0.2, 0.25) is 0 Å². The van der Waals surface area contributed by atoms with Crippen LogP contribution in [0.1, 0.15) is 0 Å². The van der Waals surface area contributed by atoms with Crippen molar-refractivity contribution in [2.24, 2.45) is 0 Å². The van der Waals surface area contributed by atoms with Crippen molar-refractivity contribution in [2.45, 2.75) is 9.79 Å². The van der Waals surface area contributed by atoms with Crippen LogP contribution >= 0.6 is 35.1 Å². The molecule has 0 aliphatic rings. The minimum Gasteiger partial charge on any atom is -0.205 e. The molecule has 0 bridgehead atoms. The first-order valence-corrected chi connectivity index (χ1v) is 6.08. The maximum absolute atomic E-state index is 13.4. The highest BCUT2D eigenvalue weighted by atomic mass is 35.5. The first-order chi connectivity index (χ1) is 5.69. The van der Waals surface area contributed by atoms with E-state index in [0.717, 1.165) is 0 Å². The van der Waals surface area contributed by atoms with Crippen LogP contribution in [0.3, 0.4) is 0 Å². The maximum atomic E-state index is 13.4. The second-order valence-corrected chi connectivity index (χ2v) is 4.26. The average Bonchev–Trinajstić information content (AvgIpc) is 2.08. The van der Waals surface area contributed by atoms with Gasteiger partial charge in [-0.15, -0.1) is 23.5 Å². The van der Waals surface area contributed by atoms with Crippen molar-refractivity contribution in [3.63, 3.8) is 0 Å². The fraction of sp³-hybridized carbons (Fsp3) is 0.250. The van der Waals surface area contributed by atoms with Gasteiger partial charge in [0.05, 0.1) is 0 Å². The minimum absolute atomic E-state index is 0.167. The lowest BCUT2D eigenvalue weighted by Gasteiger charge is -2.04. The van der Waals surface area contributed by atoms with Crippen LogP contribution < -0.4 is 0 Å². The molecule has 0 aromatic heterocycles. The van der Waals surface area contributed by atoms with Crippen molar-refractivity contribution in [2.75, 3.05) is 12.5 Å². The normalized spacial score (nSPS) is 10.3. The average molecular weight is 223 g/mol. The van der Waals surface area contributed by atoms with Gasteiger partial charge >= 0.3 is 0 Å². The Hall–Kier alpha value is 0.140. The van der Waals surface area contributed by atoms with E-state index in [1.165, 1.54) is 23.5 Å². The van der Waals surface area contributed by atoms with Gasteiger partial charge in [-0.2, -0.15) is 0 Å². The second-order valence-electron chi connectivity index (χ2n) is 2.12. The molecule has 1 rings (SSSR count). The predicted molar refractivity (Wildman–Crippen MR) is 55.0 cm³/mol. The van der Waals surface area contributed by atoms with E-state index < -0.39 is 0 Å². The number of rotatable bonds is 2. The van der Waals surface area contributed by atoms with E-state index in [4.69, 9.17) is 11.6 Å². The molecule has 0 spiro atoms. The lowest BCUT2D eigenvalue weighted by molar-refractivity contribution is 0.576. The summed E-state index contributed by atoms with van der Waals surface area (Å²) < 4.78 is 13.4. The van der Waals surface area contributed by atoms with Gasteiger partial charge in [0, 0.05) is 14.8 Å². The van der Waals surface area contributed by atoms with Crippen LogP contribution in [-0.4, -0.2) is 12.5 Å². The van der Waals surface area contributed by atoms with Crippen molar-refractivity contribution in [3.05, 3.63) is 23.0 Å². The topological polar surface area (TPSA) is 0 Å². The number of halogens is 2. The van der Waals surface area contributed by atoms with E-state index in [-0.39, 0.29) is 5.82 Å². The molecule has 12 heavy (non-hydrogen) atoms. The standard InChI is InChI=1S/C8H8ClFS2/c1-11-6-3-5(9)4-7(12-2)8(6)10/h3-4H,1-2H3. The molecule has 0 fully saturated rings. The molecule has 0 heterocycles. The number of hydrogen-bond donors (Lipinski definition) is 0. The van der Waals surface area contributed by atoms with Gasteiger partial charge in [-0.1, -0.05) is 11.6 Å². The number of benzene rings is 1. The molecule has 1 aromatic rings. The smallest absolute Gasteiger partial charge is 0.150 e. The summed E-state index contributed by atoms with van der Waals surface area (Å²) in [6.45, 7) is 0. The zero-order chi connectivity index (χ0) is 9.14. The van der Waals surface area contributed by atoms with Crippen LogP contribution in [0.15, 0.2) is 21.9 Å². The summed E-state index contributed by atoms with van der Waals surface area (Å²) >= 11 is 8.52. The van der Waals surface area contributed by atoms with Crippen molar-refractivity contribution >= 4 is 35.1 Å². The Morgan fingerprint density at radius 3 is 1.92 bits per heavy atom. The van der Waals surface area contributed by atoms with E-state index in [2.05, 4.69) is 0 Å². The molecule has 0 saturated carbocycles. The molecular formula is C8H8ClFS2. The van der Waals surface area contributed by atoms with Crippen LogP contribution in [0.4, 0.5) is 4.39 Å². The SMILES string of the molecule is CSc1cc(Cl)cc(SC)c1F. The molecule has 0 amide bonds. The van der Waals surface area contributed by atoms with Crippen molar-refractivity contribution in [3.8, 4) is 0 Å². The van der Waals surface area contributed by atoms with E-state index >= 15 is 0 Å². The number of thioether (sulfide) groups is 2. The predicted octanol–water partition coefficient (Wildman–Crippen LogP) is 3.92. The quantitative estimate of drug-likeness (QED) is 0.696. The van der Waals surface area contributed by atoms with Gasteiger partial charge < -0.3 is 0 Å². The molecule has 0 N–H and O–H groups in total. The van der Waals surface area contributed by atoms with E-state index in [9.17, 15) is 4.39 Å². The molecule has 0 radical (unpaired) electrons. The summed E-state index contributed by atoms with van der Waals surface area (Å²) in [7, 11) is 0. The van der Waals surface area contributed by atoms with Crippen LogP contribution in [-0.2, 0) is 0 Å². The van der Waals surface area contributed by atoms with Gasteiger partial charge in [-0.05, 0) is 24.6 Å². The van der Waals surface area contributed by atoms with Crippen LogP contribution in [0.25, 0.3) is 0 Å². The van der Waals surface area contributed by atoms with Crippen molar-refractivity contribution in [1.29, 1.82) is 0 Å². The maximum Gasteiger partial charge on any atom is 0.150 e. The van der Waals surface area contributed by atoms with Crippen LogP contribution in [0.5, 0.6) is 0 Å². The van der Waals surface area contributed by atoms with Gasteiger partial charge in [0.25, 0.3) is 0 Å². The fourth-order valence-electron chi connectivity index (χ4n) is 0.837. The van der Waals surface area contributed by atoms with Gasteiger partial charge in [-0.3, -0.25) is 0 Å². The third-order valence-electron chi connectivity index (χ3n) is 1.41. The van der Waals surface area contributed by atoms with Crippen LogP contribution in [0.2, 0.25) is 5.02 Å². The zero-order valence-electron chi connectivity index (χ0n) is 6.73. The van der Waals surface area contributed by atoms with E-state index in [1.54, 1.807) is 12.1 Å². The summed E-state index contributed by atoms with van der Waals surface area (Å²) in [6.07, 6.45) is 3.66. The zero-order valence-corrected chi connectivity index (χ0v) is 9.12. The first-order valence-electron chi connectivity index (χ1n) is 3.26. The van der Waals surface area contributed by atoms with Crippen molar-refractivity contribution < 1.29 is 4.39 Å². The molecule has 0 saturated heterocycles. The lowest BCUT2D eigenvalue weighted by atomic mass is 10.3. The highest BCUT2D eigenvalue weighted by Gasteiger charge is 2.07. The van der Waals surface area contributed by atoms with E-state index in [1.807, 2.05) is 12.5 Å². The molecule has 0 atom stereocenters. The summed E-state index contributed by atoms with van der Waals surface area (Å²) in [6, 6.07) is 3.28. The third-order valence-corrected chi connectivity index (χ3v) is 3.10. The van der Waals surface area contributed by atoms with Gasteiger partial charge in [-0.25, -0.2) is 4.39 Å². The Kier molecular flexibility index (Phi) is 3.75. The van der Waals surface area contributed by atoms with Gasteiger partial charge in [0.15, 0.2) is 0 Å². The Balaban J connectivity index is 3.22. The highest BCUT2D eigenvalue weighted by molar-refractivity contribution is 7.99. The van der Waals surface area contributed by atoms with Gasteiger partial charge in [0.1, 0.15) is 5.82 Å². The minimum atomic E-state index is -0.167. The highest BCUT2D eigenvalue weighted by Crippen LogP contribution is 2.30. The van der Waals surface area contributed by atoms with Crippen molar-refractivity contribution in [1.82, 2.24) is 0 Å². The Labute approximate surface area is 84.9 Å². The first kappa shape index (κ1) is 10.2. The largest absolute Gasteiger partial charge is 0.205 e. The summed E-state index contributed by atoms with van der Waals surface area (Å²) in [5.41, 5.74) is 0. The summed E-state index contributed by atoms with van der Waals surface area (Å²) in [5.74, 6) is -0.167. The summed E-state index contributed by atoms with van der Waals surface area (Å²) in [5, 5.41) is 0.588. The number of hydrogen-bond acceptors (Lipinski definition) is 2. The second kappa shape index (κ2) is 4.40. The third kappa shape index (κ3) is 2.09.